The number of hydrogen-bond donors (Lipinski definition) is 1. The first-order valence-electron chi connectivity index (χ1n) is 4.09. The molecule has 0 N–H and O–H groups in total. The molecule has 1 heterocycles. The van der Waals surface area contributed by atoms with Crippen molar-refractivity contribution in [3.8, 4) is 0 Å². The maximum atomic E-state index is 11.2. The predicted molar refractivity (Wildman–Crippen MR) is 50.4 cm³/mol. The molecule has 3 nitrogen and oxygen atoms in total. The summed E-state index contributed by atoms with van der Waals surface area (Å²) in [4.78, 5) is 13.4. The fraction of sp³-hybridized carbons (Fsp3) is 0.875. The minimum atomic E-state index is -0.137. The number of thiol groups is 1. The van der Waals surface area contributed by atoms with Gasteiger partial charge in [-0.15, -0.1) is 0 Å². The molecule has 12 heavy (non-hydrogen) atoms. The van der Waals surface area contributed by atoms with Crippen molar-refractivity contribution < 1.29 is 9.53 Å². The van der Waals surface area contributed by atoms with Crippen LogP contribution in [0.3, 0.4) is 0 Å². The van der Waals surface area contributed by atoms with Gasteiger partial charge in [0.05, 0.1) is 13.0 Å². The molecule has 1 aliphatic rings. The Bertz CT molecular complexity index is 174. The average molecular weight is 189 g/mol. The monoisotopic (exact) mass is 189 g/mol. The lowest BCUT2D eigenvalue weighted by Gasteiger charge is -2.32. The number of ether oxygens (including phenoxy) is 1. The standard InChI is InChI=1S/C8H15NO2S/c1-9-4-3-7(12)6(5-9)8(10)11-2/h6-7,12H,3-5H2,1-2H3. The van der Waals surface area contributed by atoms with Crippen molar-refractivity contribution in [1.82, 2.24) is 4.90 Å². The van der Waals surface area contributed by atoms with Crippen LogP contribution in [-0.4, -0.2) is 43.4 Å². The van der Waals surface area contributed by atoms with Crippen LogP contribution in [0.1, 0.15) is 6.42 Å². The number of nitrogens with zero attached hydrogens (tertiary/aromatic N) is 1. The largest absolute Gasteiger partial charge is 0.469 e. The zero-order valence-electron chi connectivity index (χ0n) is 7.49. The van der Waals surface area contributed by atoms with E-state index in [-0.39, 0.29) is 17.1 Å². The van der Waals surface area contributed by atoms with Gasteiger partial charge in [-0.05, 0) is 20.0 Å². The van der Waals surface area contributed by atoms with Gasteiger partial charge in [0, 0.05) is 11.8 Å². The van der Waals surface area contributed by atoms with Crippen molar-refractivity contribution in [3.05, 3.63) is 0 Å². The summed E-state index contributed by atoms with van der Waals surface area (Å²) in [6, 6.07) is 0. The second-order valence-corrected chi connectivity index (χ2v) is 3.91. The Morgan fingerprint density at radius 3 is 2.92 bits per heavy atom. The fourth-order valence-corrected chi connectivity index (χ4v) is 1.82. The lowest BCUT2D eigenvalue weighted by molar-refractivity contribution is -0.146. The smallest absolute Gasteiger partial charge is 0.311 e. The van der Waals surface area contributed by atoms with Crippen molar-refractivity contribution in [2.75, 3.05) is 27.2 Å². The van der Waals surface area contributed by atoms with Gasteiger partial charge in [-0.2, -0.15) is 12.6 Å². The van der Waals surface area contributed by atoms with Gasteiger partial charge in [0.25, 0.3) is 0 Å². The second kappa shape index (κ2) is 4.14. The number of methoxy groups -OCH3 is 1. The van der Waals surface area contributed by atoms with Crippen molar-refractivity contribution in [1.29, 1.82) is 0 Å². The van der Waals surface area contributed by atoms with Gasteiger partial charge in [-0.1, -0.05) is 0 Å². The molecule has 0 spiro atoms. The molecule has 2 atom stereocenters. The Morgan fingerprint density at radius 2 is 2.33 bits per heavy atom. The van der Waals surface area contributed by atoms with Crippen LogP contribution in [0.2, 0.25) is 0 Å². The zero-order valence-corrected chi connectivity index (χ0v) is 8.38. The normalized spacial score (nSPS) is 31.6. The quantitative estimate of drug-likeness (QED) is 0.478. The van der Waals surface area contributed by atoms with Crippen LogP contribution in [0.25, 0.3) is 0 Å². The molecule has 0 amide bonds. The Kier molecular flexibility index (Phi) is 3.40. The molecule has 1 fully saturated rings. The van der Waals surface area contributed by atoms with Crippen LogP contribution < -0.4 is 0 Å². The second-order valence-electron chi connectivity index (χ2n) is 3.25. The molecule has 0 aliphatic carbocycles. The summed E-state index contributed by atoms with van der Waals surface area (Å²) in [5, 5.41) is 0.161. The van der Waals surface area contributed by atoms with E-state index in [1.807, 2.05) is 7.05 Å². The third-order valence-electron chi connectivity index (χ3n) is 2.28. The Morgan fingerprint density at radius 1 is 1.67 bits per heavy atom. The summed E-state index contributed by atoms with van der Waals surface area (Å²) >= 11 is 4.36. The molecule has 0 aromatic rings. The highest BCUT2D eigenvalue weighted by molar-refractivity contribution is 7.81. The van der Waals surface area contributed by atoms with Gasteiger partial charge in [0.2, 0.25) is 0 Å². The fourth-order valence-electron chi connectivity index (χ4n) is 1.49. The maximum absolute atomic E-state index is 11.2. The molecule has 4 heteroatoms. The molecule has 1 aliphatic heterocycles. The van der Waals surface area contributed by atoms with E-state index in [4.69, 9.17) is 4.74 Å². The van der Waals surface area contributed by atoms with E-state index in [0.29, 0.717) is 0 Å². The molecular weight excluding hydrogens is 174 g/mol. The summed E-state index contributed by atoms with van der Waals surface area (Å²) in [5.41, 5.74) is 0. The van der Waals surface area contributed by atoms with Crippen molar-refractivity contribution in [2.45, 2.75) is 11.7 Å². The van der Waals surface area contributed by atoms with Gasteiger partial charge in [-0.25, -0.2) is 0 Å². The van der Waals surface area contributed by atoms with E-state index in [1.54, 1.807) is 0 Å². The highest BCUT2D eigenvalue weighted by atomic mass is 32.1. The van der Waals surface area contributed by atoms with Gasteiger partial charge in [0.15, 0.2) is 0 Å². The van der Waals surface area contributed by atoms with E-state index in [9.17, 15) is 4.79 Å². The summed E-state index contributed by atoms with van der Waals surface area (Å²) in [7, 11) is 3.44. The molecule has 0 aromatic carbocycles. The minimum Gasteiger partial charge on any atom is -0.469 e. The maximum Gasteiger partial charge on any atom is 0.311 e. The molecule has 1 saturated heterocycles. The topological polar surface area (TPSA) is 29.5 Å². The molecule has 0 aromatic heterocycles. The van der Waals surface area contributed by atoms with Crippen molar-refractivity contribution in [3.63, 3.8) is 0 Å². The molecule has 70 valence electrons. The van der Waals surface area contributed by atoms with E-state index >= 15 is 0 Å². The molecule has 0 saturated carbocycles. The van der Waals surface area contributed by atoms with E-state index < -0.39 is 0 Å². The molecular formula is C8H15NO2S. The molecule has 0 bridgehead atoms. The van der Waals surface area contributed by atoms with Crippen LogP contribution in [0.4, 0.5) is 0 Å². The Balaban J connectivity index is 2.54. The molecule has 0 radical (unpaired) electrons. The first kappa shape index (κ1) is 9.86. The minimum absolute atomic E-state index is 0.0583. The van der Waals surface area contributed by atoms with Crippen LogP contribution >= 0.6 is 12.6 Å². The third-order valence-corrected chi connectivity index (χ3v) is 2.90. The summed E-state index contributed by atoms with van der Waals surface area (Å²) < 4.78 is 4.69. The zero-order chi connectivity index (χ0) is 9.14. The predicted octanol–water partition coefficient (Wildman–Crippen LogP) is 0.409. The lowest BCUT2D eigenvalue weighted by atomic mass is 9.98. The van der Waals surface area contributed by atoms with Gasteiger partial charge in [-0.3, -0.25) is 4.79 Å². The Hall–Kier alpha value is -0.220. The van der Waals surface area contributed by atoms with Crippen LogP contribution in [-0.2, 0) is 9.53 Å². The van der Waals surface area contributed by atoms with Crippen LogP contribution in [0, 0.1) is 5.92 Å². The van der Waals surface area contributed by atoms with E-state index in [0.717, 1.165) is 19.5 Å². The SMILES string of the molecule is COC(=O)C1CN(C)CCC1S. The number of carbonyl (C=O) groups excluding carboxylic acids is 1. The summed E-state index contributed by atoms with van der Waals surface area (Å²) in [6.45, 7) is 1.78. The molecule has 2 unspecified atom stereocenters. The average Bonchev–Trinajstić information content (AvgIpc) is 2.08. The van der Waals surface area contributed by atoms with Gasteiger partial charge >= 0.3 is 5.97 Å². The number of hydrogen-bond acceptors (Lipinski definition) is 4. The number of piperidine rings is 1. The first-order valence-corrected chi connectivity index (χ1v) is 4.61. The van der Waals surface area contributed by atoms with Crippen molar-refractivity contribution >= 4 is 18.6 Å². The highest BCUT2D eigenvalue weighted by Crippen LogP contribution is 2.21. The highest BCUT2D eigenvalue weighted by Gasteiger charge is 2.31. The number of likely N-dealkylation sites (tertiary alicyclic amines) is 1. The number of rotatable bonds is 1. The number of carbonyl (C=O) groups is 1. The van der Waals surface area contributed by atoms with Gasteiger partial charge < -0.3 is 9.64 Å². The van der Waals surface area contributed by atoms with Crippen LogP contribution in [0.5, 0.6) is 0 Å². The number of esters is 1. The summed E-state index contributed by atoms with van der Waals surface area (Å²) in [6.07, 6.45) is 0.958. The third kappa shape index (κ3) is 2.14. The van der Waals surface area contributed by atoms with Crippen LogP contribution in [0.15, 0.2) is 0 Å². The molecule has 1 rings (SSSR count). The van der Waals surface area contributed by atoms with E-state index in [1.165, 1.54) is 7.11 Å². The lowest BCUT2D eigenvalue weighted by Crippen LogP contribution is -2.43. The van der Waals surface area contributed by atoms with E-state index in [2.05, 4.69) is 17.5 Å². The van der Waals surface area contributed by atoms with Gasteiger partial charge in [0.1, 0.15) is 0 Å². The van der Waals surface area contributed by atoms with Crippen molar-refractivity contribution in [2.24, 2.45) is 5.92 Å². The summed E-state index contributed by atoms with van der Waals surface area (Å²) in [5.74, 6) is -0.196. The first-order chi connectivity index (χ1) is 5.65. The Labute approximate surface area is 78.5 Å².